The van der Waals surface area contributed by atoms with E-state index in [9.17, 15) is 14.4 Å². The Kier molecular flexibility index (Phi) is 5.22. The molecule has 2 atom stereocenters. The number of hydrogen-bond acceptors (Lipinski definition) is 4. The van der Waals surface area contributed by atoms with Gasteiger partial charge in [0.25, 0.3) is 0 Å². The largest absolute Gasteiger partial charge is 0.496 e. The highest BCUT2D eigenvalue weighted by Crippen LogP contribution is 2.24. The lowest BCUT2D eigenvalue weighted by Crippen LogP contribution is -2.55. The summed E-state index contributed by atoms with van der Waals surface area (Å²) in [6.45, 7) is 0.677. The Labute approximate surface area is 156 Å². The van der Waals surface area contributed by atoms with Crippen LogP contribution in [0.2, 0.25) is 5.02 Å². The lowest BCUT2D eigenvalue weighted by Gasteiger charge is -2.28. The van der Waals surface area contributed by atoms with Gasteiger partial charge in [0, 0.05) is 24.2 Å². The van der Waals surface area contributed by atoms with Crippen LogP contribution in [0.1, 0.15) is 12.0 Å². The fourth-order valence-corrected chi connectivity index (χ4v) is 3.52. The lowest BCUT2D eigenvalue weighted by atomic mass is 10.1. The van der Waals surface area contributed by atoms with Crippen LogP contribution in [0.3, 0.4) is 0 Å². The van der Waals surface area contributed by atoms with Crippen molar-refractivity contribution in [2.75, 3.05) is 27.2 Å². The SMILES string of the molecule is COc1ccc(Cl)cc1CN(C)C(=O)N[C@H]1C[C@H]2C(=O)NCC(=O)N2C1. The number of hydrogen-bond donors (Lipinski definition) is 2. The van der Waals surface area contributed by atoms with E-state index in [2.05, 4.69) is 10.6 Å². The molecule has 2 N–H and O–H groups in total. The number of halogens is 1. The lowest BCUT2D eigenvalue weighted by molar-refractivity contribution is -0.143. The Morgan fingerprint density at radius 1 is 1.46 bits per heavy atom. The smallest absolute Gasteiger partial charge is 0.317 e. The Hall–Kier alpha value is -2.48. The summed E-state index contributed by atoms with van der Waals surface area (Å²) in [5.41, 5.74) is 0.788. The van der Waals surface area contributed by atoms with Crippen LogP contribution in [0, 0.1) is 0 Å². The third-order valence-electron chi connectivity index (χ3n) is 4.66. The van der Waals surface area contributed by atoms with E-state index < -0.39 is 6.04 Å². The summed E-state index contributed by atoms with van der Waals surface area (Å²) in [7, 11) is 3.22. The summed E-state index contributed by atoms with van der Waals surface area (Å²) >= 11 is 6.02. The Morgan fingerprint density at radius 2 is 2.23 bits per heavy atom. The van der Waals surface area contributed by atoms with Crippen LogP contribution in [-0.4, -0.2) is 67.0 Å². The van der Waals surface area contributed by atoms with Crippen LogP contribution in [0.15, 0.2) is 18.2 Å². The number of amides is 4. The van der Waals surface area contributed by atoms with Crippen molar-refractivity contribution in [2.24, 2.45) is 0 Å². The first-order chi connectivity index (χ1) is 12.4. The van der Waals surface area contributed by atoms with Crippen molar-refractivity contribution in [3.05, 3.63) is 28.8 Å². The van der Waals surface area contributed by atoms with E-state index in [0.29, 0.717) is 30.3 Å². The first kappa shape index (κ1) is 18.3. The first-order valence-electron chi connectivity index (χ1n) is 8.30. The summed E-state index contributed by atoms with van der Waals surface area (Å²) in [6.07, 6.45) is 0.414. The second-order valence-electron chi connectivity index (χ2n) is 6.47. The van der Waals surface area contributed by atoms with Gasteiger partial charge in [-0.3, -0.25) is 9.59 Å². The zero-order chi connectivity index (χ0) is 18.8. The minimum atomic E-state index is -0.500. The monoisotopic (exact) mass is 380 g/mol. The number of fused-ring (bicyclic) bond motifs is 1. The Morgan fingerprint density at radius 3 is 2.92 bits per heavy atom. The molecule has 26 heavy (non-hydrogen) atoms. The molecule has 3 rings (SSSR count). The molecule has 2 heterocycles. The Balaban J connectivity index is 1.61. The number of ether oxygens (including phenoxy) is 1. The molecule has 0 aromatic heterocycles. The van der Waals surface area contributed by atoms with Crippen molar-refractivity contribution in [3.63, 3.8) is 0 Å². The van der Waals surface area contributed by atoms with Gasteiger partial charge in [0.1, 0.15) is 11.8 Å². The van der Waals surface area contributed by atoms with Gasteiger partial charge in [-0.2, -0.15) is 0 Å². The predicted molar refractivity (Wildman–Crippen MR) is 94.9 cm³/mol. The van der Waals surface area contributed by atoms with Crippen molar-refractivity contribution in [1.82, 2.24) is 20.4 Å². The van der Waals surface area contributed by atoms with E-state index in [1.807, 2.05) is 0 Å². The van der Waals surface area contributed by atoms with Crippen molar-refractivity contribution in [2.45, 2.75) is 25.0 Å². The summed E-state index contributed by atoms with van der Waals surface area (Å²) in [6, 6.07) is 4.18. The topological polar surface area (TPSA) is 91.0 Å². The molecule has 0 bridgehead atoms. The average molecular weight is 381 g/mol. The van der Waals surface area contributed by atoms with Gasteiger partial charge in [-0.1, -0.05) is 11.6 Å². The molecule has 0 spiro atoms. The maximum absolute atomic E-state index is 12.5. The summed E-state index contributed by atoms with van der Waals surface area (Å²) in [4.78, 5) is 39.3. The van der Waals surface area contributed by atoms with Crippen LogP contribution < -0.4 is 15.4 Å². The van der Waals surface area contributed by atoms with Crippen molar-refractivity contribution >= 4 is 29.4 Å². The van der Waals surface area contributed by atoms with E-state index in [1.165, 1.54) is 9.80 Å². The highest BCUT2D eigenvalue weighted by atomic mass is 35.5. The zero-order valence-electron chi connectivity index (χ0n) is 14.6. The molecule has 140 valence electrons. The number of benzene rings is 1. The van der Waals surface area contributed by atoms with Gasteiger partial charge in [0.15, 0.2) is 0 Å². The maximum atomic E-state index is 12.5. The minimum Gasteiger partial charge on any atom is -0.496 e. The van der Waals surface area contributed by atoms with E-state index in [-0.39, 0.29) is 30.4 Å². The average Bonchev–Trinajstić information content (AvgIpc) is 3.03. The molecule has 2 saturated heterocycles. The van der Waals surface area contributed by atoms with Gasteiger partial charge in [-0.15, -0.1) is 0 Å². The molecular weight excluding hydrogens is 360 g/mol. The quantitative estimate of drug-likeness (QED) is 0.799. The number of nitrogens with zero attached hydrogens (tertiary/aromatic N) is 2. The summed E-state index contributed by atoms with van der Waals surface area (Å²) < 4.78 is 5.30. The van der Waals surface area contributed by atoms with Crippen LogP contribution in [0.25, 0.3) is 0 Å². The van der Waals surface area contributed by atoms with Gasteiger partial charge in [0.2, 0.25) is 11.8 Å². The Bertz CT molecular complexity index is 717. The van der Waals surface area contributed by atoms with Crippen LogP contribution in [0.5, 0.6) is 5.75 Å². The fourth-order valence-electron chi connectivity index (χ4n) is 3.33. The first-order valence-corrected chi connectivity index (χ1v) is 8.68. The molecule has 8 nitrogen and oxygen atoms in total. The molecule has 2 aliphatic heterocycles. The number of urea groups is 1. The fraction of sp³-hybridized carbons (Fsp3) is 0.471. The summed E-state index contributed by atoms with van der Waals surface area (Å²) in [5.74, 6) is 0.357. The maximum Gasteiger partial charge on any atom is 0.317 e. The van der Waals surface area contributed by atoms with Gasteiger partial charge >= 0.3 is 6.03 Å². The molecule has 0 unspecified atom stereocenters. The normalized spacial score (nSPS) is 21.9. The van der Waals surface area contributed by atoms with Crippen LogP contribution in [-0.2, 0) is 16.1 Å². The van der Waals surface area contributed by atoms with E-state index >= 15 is 0 Å². The molecule has 1 aromatic rings. The second-order valence-corrected chi connectivity index (χ2v) is 6.91. The molecule has 9 heteroatoms. The minimum absolute atomic E-state index is 0.0183. The van der Waals surface area contributed by atoms with Crippen molar-refractivity contribution < 1.29 is 19.1 Å². The number of carbonyl (C=O) groups excluding carboxylic acids is 3. The van der Waals surface area contributed by atoms with Gasteiger partial charge in [-0.25, -0.2) is 4.79 Å². The second kappa shape index (κ2) is 7.41. The molecule has 2 fully saturated rings. The van der Waals surface area contributed by atoms with Crippen LogP contribution in [0.4, 0.5) is 4.79 Å². The number of carbonyl (C=O) groups is 3. The third kappa shape index (κ3) is 3.70. The van der Waals surface area contributed by atoms with Gasteiger partial charge in [-0.05, 0) is 24.6 Å². The van der Waals surface area contributed by atoms with E-state index in [1.54, 1.807) is 32.4 Å². The molecule has 4 amide bonds. The van der Waals surface area contributed by atoms with Crippen LogP contribution >= 0.6 is 11.6 Å². The molecule has 0 radical (unpaired) electrons. The number of nitrogens with one attached hydrogen (secondary N) is 2. The molecular formula is C17H21ClN4O4. The third-order valence-corrected chi connectivity index (χ3v) is 4.90. The van der Waals surface area contributed by atoms with E-state index in [0.717, 1.165) is 5.56 Å². The number of piperazine rings is 1. The van der Waals surface area contributed by atoms with Crippen molar-refractivity contribution in [3.8, 4) is 5.75 Å². The highest BCUT2D eigenvalue weighted by Gasteiger charge is 2.42. The van der Waals surface area contributed by atoms with E-state index in [4.69, 9.17) is 16.3 Å². The van der Waals surface area contributed by atoms with Crippen molar-refractivity contribution in [1.29, 1.82) is 0 Å². The number of methoxy groups -OCH3 is 1. The molecule has 1 aromatic carbocycles. The molecule has 0 aliphatic carbocycles. The van der Waals surface area contributed by atoms with Gasteiger partial charge < -0.3 is 25.2 Å². The van der Waals surface area contributed by atoms with Gasteiger partial charge in [0.05, 0.1) is 26.2 Å². The summed E-state index contributed by atoms with van der Waals surface area (Å²) in [5, 5.41) is 6.02. The molecule has 0 saturated carbocycles. The predicted octanol–water partition coefficient (Wildman–Crippen LogP) is 0.589. The highest BCUT2D eigenvalue weighted by molar-refractivity contribution is 6.30. The standard InChI is InChI=1S/C17H21ClN4O4/c1-21(8-10-5-11(18)3-4-14(10)26-2)17(25)20-12-6-13-16(24)19-7-15(23)22(13)9-12/h3-5,12-13H,6-9H2,1-2H3,(H,19,24)(H,20,25)/t12-,13-/m0/s1. The number of rotatable bonds is 4. The zero-order valence-corrected chi connectivity index (χ0v) is 15.4. The molecule has 2 aliphatic rings.